The average molecular weight is 271 g/mol. The van der Waals surface area contributed by atoms with Gasteiger partial charge in [-0.1, -0.05) is 12.8 Å². The van der Waals surface area contributed by atoms with E-state index in [1.165, 1.54) is 19.0 Å². The van der Waals surface area contributed by atoms with E-state index in [-0.39, 0.29) is 10.9 Å². The van der Waals surface area contributed by atoms with E-state index in [0.29, 0.717) is 12.5 Å². The molecular formula is C12H21N3O2S. The molecule has 0 bridgehead atoms. The summed E-state index contributed by atoms with van der Waals surface area (Å²) in [6.07, 6.45) is 6.14. The molecule has 0 aliphatic heterocycles. The average Bonchev–Trinajstić information content (AvgIpc) is 3.00. The summed E-state index contributed by atoms with van der Waals surface area (Å²) >= 11 is 0. The first kappa shape index (κ1) is 13.6. The maximum absolute atomic E-state index is 12.2. The third kappa shape index (κ3) is 2.93. The third-order valence-corrected chi connectivity index (χ3v) is 5.23. The summed E-state index contributed by atoms with van der Waals surface area (Å²) in [6.45, 7) is 2.26. The van der Waals surface area contributed by atoms with Gasteiger partial charge < -0.3 is 10.7 Å². The van der Waals surface area contributed by atoms with Gasteiger partial charge in [0.05, 0.1) is 4.90 Å². The van der Waals surface area contributed by atoms with Crippen molar-refractivity contribution in [2.24, 2.45) is 11.7 Å². The van der Waals surface area contributed by atoms with Crippen LogP contribution in [0.15, 0.2) is 17.2 Å². The van der Waals surface area contributed by atoms with E-state index < -0.39 is 10.0 Å². The SMILES string of the molecule is CC(NS(=O)(=O)c1c[nH]c(CN)c1)C1CCCC1. The molecule has 1 aliphatic rings. The summed E-state index contributed by atoms with van der Waals surface area (Å²) in [7, 11) is -3.42. The van der Waals surface area contributed by atoms with Crippen molar-refractivity contribution in [2.75, 3.05) is 0 Å². The number of nitrogens with two attached hydrogens (primary N) is 1. The fourth-order valence-electron chi connectivity index (χ4n) is 2.56. The molecule has 5 nitrogen and oxygen atoms in total. The summed E-state index contributed by atoms with van der Waals surface area (Å²) in [5.74, 6) is 0.465. The maximum atomic E-state index is 12.2. The van der Waals surface area contributed by atoms with Crippen molar-refractivity contribution in [1.82, 2.24) is 9.71 Å². The molecular weight excluding hydrogens is 250 g/mol. The lowest BCUT2D eigenvalue weighted by atomic mass is 10.0. The number of aromatic nitrogens is 1. The van der Waals surface area contributed by atoms with Gasteiger partial charge in [0.15, 0.2) is 0 Å². The standard InChI is InChI=1S/C12H21N3O2S/c1-9(10-4-2-3-5-10)15-18(16,17)12-6-11(7-13)14-8-12/h6,8-10,14-15H,2-5,7,13H2,1H3. The van der Waals surface area contributed by atoms with Crippen molar-refractivity contribution in [3.63, 3.8) is 0 Å². The number of rotatable bonds is 5. The summed E-state index contributed by atoms with van der Waals surface area (Å²) in [5.41, 5.74) is 6.19. The highest BCUT2D eigenvalue weighted by molar-refractivity contribution is 7.89. The molecule has 1 unspecified atom stereocenters. The highest BCUT2D eigenvalue weighted by Gasteiger charge is 2.26. The second-order valence-corrected chi connectivity index (χ2v) is 6.73. The number of H-pyrrole nitrogens is 1. The first-order valence-electron chi connectivity index (χ1n) is 6.42. The molecule has 18 heavy (non-hydrogen) atoms. The third-order valence-electron chi connectivity index (χ3n) is 3.69. The van der Waals surface area contributed by atoms with Gasteiger partial charge in [-0.05, 0) is 31.7 Å². The van der Waals surface area contributed by atoms with Crippen LogP contribution in [0.2, 0.25) is 0 Å². The zero-order valence-corrected chi connectivity index (χ0v) is 11.5. The lowest BCUT2D eigenvalue weighted by Gasteiger charge is -2.19. The van der Waals surface area contributed by atoms with E-state index >= 15 is 0 Å². The lowest BCUT2D eigenvalue weighted by molar-refractivity contribution is 0.424. The van der Waals surface area contributed by atoms with Gasteiger partial charge in [0.2, 0.25) is 10.0 Å². The van der Waals surface area contributed by atoms with Crippen molar-refractivity contribution in [1.29, 1.82) is 0 Å². The number of aromatic amines is 1. The molecule has 4 N–H and O–H groups in total. The quantitative estimate of drug-likeness (QED) is 0.755. The molecule has 6 heteroatoms. The minimum atomic E-state index is -3.42. The zero-order valence-electron chi connectivity index (χ0n) is 10.6. The Morgan fingerprint density at radius 3 is 2.72 bits per heavy atom. The Hall–Kier alpha value is -0.850. The fourth-order valence-corrected chi connectivity index (χ4v) is 3.89. The number of hydrogen-bond acceptors (Lipinski definition) is 3. The van der Waals surface area contributed by atoms with Gasteiger partial charge in [-0.2, -0.15) is 0 Å². The highest BCUT2D eigenvalue weighted by Crippen LogP contribution is 2.28. The van der Waals surface area contributed by atoms with E-state index in [1.54, 1.807) is 6.07 Å². The molecule has 0 spiro atoms. The van der Waals surface area contributed by atoms with Crippen LogP contribution in [0.1, 0.15) is 38.3 Å². The molecule has 1 aromatic rings. The zero-order chi connectivity index (χ0) is 13.2. The molecule has 1 saturated carbocycles. The monoisotopic (exact) mass is 271 g/mol. The van der Waals surface area contributed by atoms with Crippen LogP contribution in [0.4, 0.5) is 0 Å². The van der Waals surface area contributed by atoms with Gasteiger partial charge in [0, 0.05) is 24.5 Å². The summed E-state index contributed by atoms with van der Waals surface area (Å²) in [4.78, 5) is 3.13. The predicted octanol–water partition coefficient (Wildman–Crippen LogP) is 1.33. The Morgan fingerprint density at radius 1 is 1.50 bits per heavy atom. The van der Waals surface area contributed by atoms with E-state index in [2.05, 4.69) is 9.71 Å². The van der Waals surface area contributed by atoms with Crippen molar-refractivity contribution >= 4 is 10.0 Å². The Bertz CT molecular complexity index is 489. The Kier molecular flexibility index (Phi) is 4.09. The van der Waals surface area contributed by atoms with Gasteiger partial charge in [-0.15, -0.1) is 0 Å². The largest absolute Gasteiger partial charge is 0.363 e. The Labute approximate surface area is 108 Å². The molecule has 2 rings (SSSR count). The van der Waals surface area contributed by atoms with Crippen LogP contribution in [0.3, 0.4) is 0 Å². The van der Waals surface area contributed by atoms with Crippen LogP contribution < -0.4 is 10.5 Å². The molecule has 102 valence electrons. The van der Waals surface area contributed by atoms with Crippen molar-refractivity contribution in [3.8, 4) is 0 Å². The number of nitrogens with one attached hydrogen (secondary N) is 2. The molecule has 1 aliphatic carbocycles. The molecule has 1 heterocycles. The summed E-state index contributed by atoms with van der Waals surface area (Å²) in [6, 6.07) is 1.58. The Morgan fingerprint density at radius 2 is 2.17 bits per heavy atom. The van der Waals surface area contributed by atoms with E-state index in [1.807, 2.05) is 6.92 Å². The maximum Gasteiger partial charge on any atom is 0.242 e. The van der Waals surface area contributed by atoms with Crippen LogP contribution in [-0.2, 0) is 16.6 Å². The molecule has 0 saturated heterocycles. The first-order valence-corrected chi connectivity index (χ1v) is 7.91. The van der Waals surface area contributed by atoms with Gasteiger partial charge in [-0.25, -0.2) is 13.1 Å². The lowest BCUT2D eigenvalue weighted by Crippen LogP contribution is -2.37. The second kappa shape index (κ2) is 5.42. The smallest absolute Gasteiger partial charge is 0.242 e. The van der Waals surface area contributed by atoms with E-state index in [0.717, 1.165) is 18.5 Å². The Balaban J connectivity index is 2.06. The molecule has 0 radical (unpaired) electrons. The molecule has 1 atom stereocenters. The normalized spacial score (nSPS) is 19.2. The highest BCUT2D eigenvalue weighted by atomic mass is 32.2. The molecule has 0 amide bonds. The van der Waals surface area contributed by atoms with E-state index in [9.17, 15) is 8.42 Å². The van der Waals surface area contributed by atoms with Gasteiger partial charge in [0.1, 0.15) is 0 Å². The molecule has 0 aromatic carbocycles. The molecule has 1 fully saturated rings. The topological polar surface area (TPSA) is 88.0 Å². The van der Waals surface area contributed by atoms with Gasteiger partial charge >= 0.3 is 0 Å². The van der Waals surface area contributed by atoms with Crippen LogP contribution in [0, 0.1) is 5.92 Å². The second-order valence-electron chi connectivity index (χ2n) is 5.02. The van der Waals surface area contributed by atoms with Crippen LogP contribution >= 0.6 is 0 Å². The van der Waals surface area contributed by atoms with Crippen molar-refractivity contribution in [3.05, 3.63) is 18.0 Å². The first-order chi connectivity index (χ1) is 8.53. The van der Waals surface area contributed by atoms with Crippen LogP contribution in [0.25, 0.3) is 0 Å². The van der Waals surface area contributed by atoms with E-state index in [4.69, 9.17) is 5.73 Å². The number of sulfonamides is 1. The number of hydrogen-bond donors (Lipinski definition) is 3. The van der Waals surface area contributed by atoms with Crippen molar-refractivity contribution in [2.45, 2.75) is 50.1 Å². The fraction of sp³-hybridized carbons (Fsp3) is 0.667. The summed E-state index contributed by atoms with van der Waals surface area (Å²) < 4.78 is 27.1. The van der Waals surface area contributed by atoms with Crippen LogP contribution in [-0.4, -0.2) is 19.4 Å². The van der Waals surface area contributed by atoms with Gasteiger partial charge in [-0.3, -0.25) is 0 Å². The summed E-state index contributed by atoms with van der Waals surface area (Å²) in [5, 5.41) is 0. The van der Waals surface area contributed by atoms with Gasteiger partial charge in [0.25, 0.3) is 0 Å². The van der Waals surface area contributed by atoms with Crippen molar-refractivity contribution < 1.29 is 8.42 Å². The minimum Gasteiger partial charge on any atom is -0.363 e. The molecule has 1 aromatic heterocycles. The predicted molar refractivity (Wildman–Crippen MR) is 70.4 cm³/mol. The minimum absolute atomic E-state index is 0.00581. The van der Waals surface area contributed by atoms with Crippen LogP contribution in [0.5, 0.6) is 0 Å².